The Bertz CT molecular complexity index is 3870. The zero-order chi connectivity index (χ0) is 91.0. The molecule has 0 unspecified atom stereocenters. The lowest BCUT2D eigenvalue weighted by molar-refractivity contribution is -0.209. The maximum absolute atomic E-state index is 11.4. The van der Waals surface area contributed by atoms with Gasteiger partial charge >= 0.3 is 47.8 Å². The van der Waals surface area contributed by atoms with Gasteiger partial charge < -0.3 is 37.9 Å². The first-order chi connectivity index (χ1) is 61.6. The molecule has 129 heavy (non-hydrogen) atoms. The molecule has 0 saturated heterocycles. The van der Waals surface area contributed by atoms with Gasteiger partial charge in [0, 0.05) is 95.3 Å². The predicted molar refractivity (Wildman–Crippen MR) is 490 cm³/mol. The van der Waals surface area contributed by atoms with Gasteiger partial charge in [0.15, 0.2) is 0 Å². The molecule has 718 valence electrons. The minimum absolute atomic E-state index is 0.0200. The van der Waals surface area contributed by atoms with Crippen molar-refractivity contribution in [2.45, 2.75) is 389 Å². The van der Waals surface area contributed by atoms with Crippen molar-refractivity contribution in [2.75, 3.05) is 33.0 Å². The maximum Gasteiger partial charge on any atom is 0.303 e. The van der Waals surface area contributed by atoms with Gasteiger partial charge in [-0.05, 0) is 461 Å². The molecule has 0 heterocycles. The molecule has 18 heteroatoms. The van der Waals surface area contributed by atoms with Crippen LogP contribution in [0, 0.1) is 234 Å². The number of rotatable bonds is 17. The van der Waals surface area contributed by atoms with Crippen LogP contribution in [0.4, 0.5) is 0 Å². The van der Waals surface area contributed by atoms with E-state index in [1.165, 1.54) is 304 Å². The molecule has 32 bridgehead atoms. The Hall–Kier alpha value is -5.26. The number of hydrogen-bond acceptors (Lipinski definition) is 18. The van der Waals surface area contributed by atoms with Crippen LogP contribution >= 0.6 is 0 Å². The van der Waals surface area contributed by atoms with Gasteiger partial charge in [0.2, 0.25) is 0 Å². The van der Waals surface area contributed by atoms with Crippen LogP contribution in [0.15, 0.2) is 0 Å². The highest BCUT2D eigenvalue weighted by molar-refractivity contribution is 5.69. The quantitative estimate of drug-likeness (QED) is 0.0968. The van der Waals surface area contributed by atoms with Crippen LogP contribution in [-0.4, -0.2) is 97.6 Å². The fourth-order valence-electron chi connectivity index (χ4n) is 38.9. The molecule has 0 atom stereocenters. The fraction of sp³-hybridized carbons (Fsp3) is 0.910. The molecule has 0 aromatic rings. The highest BCUT2D eigenvalue weighted by Gasteiger charge is 2.65. The van der Waals surface area contributed by atoms with E-state index in [9.17, 15) is 43.6 Å². The highest BCUT2D eigenvalue weighted by atomic mass is 16.6. The molecular weight excluding hydrogens is 1620 g/mol. The number of carbonyl (C=O) groups is 8. The van der Waals surface area contributed by atoms with Gasteiger partial charge in [-0.15, -0.1) is 0 Å². The van der Waals surface area contributed by atoms with Crippen molar-refractivity contribution >= 4 is 47.8 Å². The van der Waals surface area contributed by atoms with E-state index in [1.54, 1.807) is 20.8 Å². The van der Waals surface area contributed by atoms with Crippen LogP contribution in [-0.2, 0) is 76.3 Å². The molecule has 0 radical (unpaired) electrons. The summed E-state index contributed by atoms with van der Waals surface area (Å²) in [7, 11) is 0. The molecule has 32 rings (SSSR count). The van der Waals surface area contributed by atoms with E-state index < -0.39 is 5.60 Å². The molecule has 0 aromatic heterocycles. The van der Waals surface area contributed by atoms with Crippen LogP contribution in [0.1, 0.15) is 372 Å². The number of carbonyl (C=O) groups excluding carboxylic acids is 8. The van der Waals surface area contributed by atoms with Crippen LogP contribution in [0.25, 0.3) is 0 Å². The number of esters is 8. The van der Waals surface area contributed by atoms with E-state index >= 15 is 0 Å². The molecule has 0 amide bonds. The van der Waals surface area contributed by atoms with Crippen molar-refractivity contribution in [3.8, 4) is 12.1 Å². The van der Waals surface area contributed by atoms with E-state index in [2.05, 4.69) is 39.8 Å². The summed E-state index contributed by atoms with van der Waals surface area (Å²) >= 11 is 0. The average molecular weight is 1790 g/mol. The summed E-state index contributed by atoms with van der Waals surface area (Å²) in [5.41, 5.74) is 0.346. The lowest BCUT2D eigenvalue weighted by Gasteiger charge is -2.61. The largest absolute Gasteiger partial charge is 0.466 e. The Labute approximate surface area is 775 Å². The third-order valence-electron chi connectivity index (χ3n) is 42.7. The second-order valence-corrected chi connectivity index (χ2v) is 50.5. The molecule has 0 aliphatic heterocycles. The lowest BCUT2D eigenvalue weighted by atomic mass is 9.45. The number of nitriles is 2. The number of hydrogen-bond donors (Lipinski definition) is 0. The molecule has 32 aliphatic carbocycles. The molecule has 0 N–H and O–H groups in total. The summed E-state index contributed by atoms with van der Waals surface area (Å²) in [6.45, 7) is 24.5. The Morgan fingerprint density at radius 1 is 0.264 bits per heavy atom. The van der Waals surface area contributed by atoms with Gasteiger partial charge in [-0.1, -0.05) is 20.8 Å². The van der Waals surface area contributed by atoms with E-state index in [-0.39, 0.29) is 64.4 Å². The van der Waals surface area contributed by atoms with Crippen LogP contribution in [0.3, 0.4) is 0 Å². The Morgan fingerprint density at radius 3 is 0.837 bits per heavy atom. The van der Waals surface area contributed by atoms with E-state index in [0.717, 1.165) is 143 Å². The van der Waals surface area contributed by atoms with Crippen LogP contribution < -0.4 is 0 Å². The third-order valence-corrected chi connectivity index (χ3v) is 42.7. The summed E-state index contributed by atoms with van der Waals surface area (Å²) in [6.07, 6.45) is 58.7. The van der Waals surface area contributed by atoms with Crippen molar-refractivity contribution in [2.24, 2.45) is 211 Å². The van der Waals surface area contributed by atoms with Crippen molar-refractivity contribution < 1.29 is 76.3 Å². The van der Waals surface area contributed by atoms with Crippen molar-refractivity contribution in [3.05, 3.63) is 0 Å². The standard InChI is InChI=1S/C15H21NO2.C15H24O2.C14H19NO2.2C14H22O2.3C13H20O2/c1-10(17)18-9-15(2-3-16)13-5-11-4-12(7-13)8-14(15)6-11;1-3-15(9-17-10(2)16)13-5-11-4-12(7-13)8-14(15)6-11;1-9(16)17-14(2-3-15)12-5-10-4-11(7-12)8-13(14)6-10;1-9(15)16-8-14(2)12-4-10-3-11(6-12)7-13(14)5-10;1-3-14(16-9(2)15)12-5-10-4-11(7-12)8-13(14)6-10;1-9(14)15-8-13-5-10-2-11(6-13)4-12(3-10)7-13;1-8(14)15-13(2)11-4-9-3-10(6-11)7-12(13)5-9;1-8(14)15-7-13-11-3-9-2-10(5-11)6-12(13)4-9/h11-14H,2,4-9H2,1H3;11-14H,3-9H2,1-2H3;10-13H,2,4-8H2,1H3;2*10-13H,3-8H2,1-2H3;10-12H,2-8H2,1H3;9-12H,3-7H2,1-2H3;9-13H,2-7H2,1H3. The normalized spacial score (nSPS) is 47.8. The zero-order valence-corrected chi connectivity index (χ0v) is 81.8. The summed E-state index contributed by atoms with van der Waals surface area (Å²) in [5.74, 6) is 25.6. The molecule has 32 fully saturated rings. The van der Waals surface area contributed by atoms with Gasteiger partial charge in [0.1, 0.15) is 16.8 Å². The van der Waals surface area contributed by atoms with E-state index in [0.29, 0.717) is 115 Å². The highest BCUT2D eigenvalue weighted by Crippen LogP contribution is 2.70. The molecule has 0 aromatic carbocycles. The molecule has 32 saturated carbocycles. The van der Waals surface area contributed by atoms with Crippen LogP contribution in [0.5, 0.6) is 0 Å². The molecular formula is C111H168N2O16. The lowest BCUT2D eigenvalue weighted by Crippen LogP contribution is -2.59. The van der Waals surface area contributed by atoms with Gasteiger partial charge in [0.25, 0.3) is 0 Å². The number of ether oxygens (including phenoxy) is 8. The summed E-state index contributed by atoms with van der Waals surface area (Å²) in [4.78, 5) is 89.0. The first kappa shape index (κ1) is 95.5. The smallest absolute Gasteiger partial charge is 0.303 e. The van der Waals surface area contributed by atoms with Gasteiger partial charge in [-0.25, -0.2) is 0 Å². The SMILES string of the molecule is CC(=O)OC1(C)C2CC3CC(C2)CC1C3.CC(=O)OC1(CC#N)C2CC3CC(C2)CC1C3.CC(=O)OCC1(C)C2CC3CC(C2)CC1C3.CC(=O)OCC1(CC#N)C2CC3CC(C2)CC1C3.CC(=O)OCC12CC3CC(CC(C3)C1)C2.CC(=O)OCC1C2CC3CC(C2)CC1C3.CCC1(COC(C)=O)C2CC3CC(C2)CC1C3.CCC1(OC(C)=O)C2CC3CC(C2)CC1C3. The minimum atomic E-state index is -0.437. The van der Waals surface area contributed by atoms with Gasteiger partial charge in [-0.2, -0.15) is 10.5 Å². The third kappa shape index (κ3) is 19.9. The second-order valence-electron chi connectivity index (χ2n) is 50.5. The fourth-order valence-corrected chi connectivity index (χ4v) is 38.9. The Kier molecular flexibility index (Phi) is 28.7. The molecule has 0 spiro atoms. The topological polar surface area (TPSA) is 258 Å². The van der Waals surface area contributed by atoms with Crippen LogP contribution in [0.2, 0.25) is 0 Å². The monoisotopic (exact) mass is 1790 g/mol. The minimum Gasteiger partial charge on any atom is -0.466 e. The first-order valence-corrected chi connectivity index (χ1v) is 53.6. The first-order valence-electron chi connectivity index (χ1n) is 53.6. The van der Waals surface area contributed by atoms with Crippen molar-refractivity contribution in [1.82, 2.24) is 0 Å². The zero-order valence-electron chi connectivity index (χ0n) is 81.8. The molecule has 32 aliphatic rings. The van der Waals surface area contributed by atoms with Crippen molar-refractivity contribution in [3.63, 3.8) is 0 Å². The summed E-state index contributed by atoms with van der Waals surface area (Å²) in [6, 6.07) is 4.63. The Morgan fingerprint density at radius 2 is 0.527 bits per heavy atom. The molecule has 18 nitrogen and oxygen atoms in total. The number of nitrogens with zero attached hydrogens (tertiary/aromatic N) is 2. The summed E-state index contributed by atoms with van der Waals surface area (Å²) in [5, 5.41) is 18.3. The van der Waals surface area contributed by atoms with Gasteiger partial charge in [0.05, 0.1) is 51.6 Å². The summed E-state index contributed by atoms with van der Waals surface area (Å²) < 4.78 is 43.8. The Balaban J connectivity index is 0.000000104. The predicted octanol–water partition coefficient (Wildman–Crippen LogP) is 23.3. The van der Waals surface area contributed by atoms with Crippen molar-refractivity contribution in [1.29, 1.82) is 10.5 Å². The van der Waals surface area contributed by atoms with E-state index in [4.69, 9.17) is 43.2 Å². The average Bonchev–Trinajstić information content (AvgIpc) is 0.780. The van der Waals surface area contributed by atoms with Gasteiger partial charge in [-0.3, -0.25) is 38.4 Å². The van der Waals surface area contributed by atoms with E-state index in [1.807, 2.05) is 0 Å². The second kappa shape index (κ2) is 38.7. The maximum atomic E-state index is 11.4.